The molecule has 0 radical (unpaired) electrons. The minimum Gasteiger partial charge on any atom is -0.492 e. The van der Waals surface area contributed by atoms with Crippen molar-refractivity contribution in [1.82, 2.24) is 0 Å². The van der Waals surface area contributed by atoms with Crippen molar-refractivity contribution in [3.8, 4) is 17.2 Å². The Kier molecular flexibility index (Phi) is 7.75. The number of rotatable bonds is 10. The van der Waals surface area contributed by atoms with Crippen LogP contribution in [0.15, 0.2) is 59.2 Å². The van der Waals surface area contributed by atoms with E-state index in [1.54, 1.807) is 36.4 Å². The van der Waals surface area contributed by atoms with E-state index in [9.17, 15) is 9.59 Å². The van der Waals surface area contributed by atoms with E-state index < -0.39 is 5.91 Å². The molecule has 2 amide bonds. The SMILES string of the molecule is CCOc1cc(NC(=O)c2ccco2)c(OCC)cc1NC(=O)COc1ccc(C)cc1. The van der Waals surface area contributed by atoms with Crippen molar-refractivity contribution in [1.29, 1.82) is 0 Å². The summed E-state index contributed by atoms with van der Waals surface area (Å²) in [6, 6.07) is 13.8. The standard InChI is InChI=1S/C24H26N2O6/c1-4-29-21-14-19(26-24(28)20-7-6-12-31-20)22(30-5-2)13-18(21)25-23(27)15-32-17-10-8-16(3)9-11-17/h6-14H,4-5,15H2,1-3H3,(H,25,27)(H,26,28). The van der Waals surface area contributed by atoms with Crippen LogP contribution in [0.25, 0.3) is 0 Å². The Labute approximate surface area is 186 Å². The molecule has 0 fully saturated rings. The van der Waals surface area contributed by atoms with E-state index in [4.69, 9.17) is 18.6 Å². The molecule has 0 aliphatic rings. The first-order valence-electron chi connectivity index (χ1n) is 10.3. The molecule has 168 valence electrons. The lowest BCUT2D eigenvalue weighted by molar-refractivity contribution is -0.118. The summed E-state index contributed by atoms with van der Waals surface area (Å²) in [6.07, 6.45) is 1.42. The van der Waals surface area contributed by atoms with Gasteiger partial charge in [0.25, 0.3) is 11.8 Å². The monoisotopic (exact) mass is 438 g/mol. The van der Waals surface area contributed by atoms with Gasteiger partial charge in [0.2, 0.25) is 0 Å². The Morgan fingerprint density at radius 2 is 1.50 bits per heavy atom. The van der Waals surface area contributed by atoms with Crippen LogP contribution in [0.1, 0.15) is 30.0 Å². The summed E-state index contributed by atoms with van der Waals surface area (Å²) >= 11 is 0. The van der Waals surface area contributed by atoms with Crippen molar-refractivity contribution in [3.63, 3.8) is 0 Å². The van der Waals surface area contributed by atoms with Gasteiger partial charge in [-0.1, -0.05) is 17.7 Å². The molecule has 3 rings (SSSR count). The highest BCUT2D eigenvalue weighted by Gasteiger charge is 2.18. The molecule has 8 heteroatoms. The quantitative estimate of drug-likeness (QED) is 0.478. The Morgan fingerprint density at radius 3 is 2.06 bits per heavy atom. The number of furan rings is 1. The molecular formula is C24H26N2O6. The molecule has 0 unspecified atom stereocenters. The molecule has 2 N–H and O–H groups in total. The van der Waals surface area contributed by atoms with Crippen LogP contribution in [-0.4, -0.2) is 31.6 Å². The van der Waals surface area contributed by atoms with E-state index in [-0.39, 0.29) is 18.3 Å². The third kappa shape index (κ3) is 6.04. The molecule has 2 aromatic carbocycles. The van der Waals surface area contributed by atoms with E-state index in [0.717, 1.165) is 5.56 Å². The van der Waals surface area contributed by atoms with E-state index in [2.05, 4.69) is 10.6 Å². The molecule has 0 saturated heterocycles. The first-order valence-corrected chi connectivity index (χ1v) is 10.3. The van der Waals surface area contributed by atoms with Crippen molar-refractivity contribution < 1.29 is 28.2 Å². The summed E-state index contributed by atoms with van der Waals surface area (Å²) in [7, 11) is 0. The summed E-state index contributed by atoms with van der Waals surface area (Å²) in [5, 5.41) is 5.54. The number of anilines is 2. The Balaban J connectivity index is 1.77. The summed E-state index contributed by atoms with van der Waals surface area (Å²) in [5.74, 6) is 0.737. The summed E-state index contributed by atoms with van der Waals surface area (Å²) in [5.41, 5.74) is 1.90. The second kappa shape index (κ2) is 10.9. The van der Waals surface area contributed by atoms with Crippen LogP contribution in [0.4, 0.5) is 11.4 Å². The zero-order chi connectivity index (χ0) is 22.9. The van der Waals surface area contributed by atoms with Crippen LogP contribution in [0.2, 0.25) is 0 Å². The maximum absolute atomic E-state index is 12.5. The number of carbonyl (C=O) groups is 2. The van der Waals surface area contributed by atoms with Gasteiger partial charge in [0.15, 0.2) is 12.4 Å². The van der Waals surface area contributed by atoms with Gasteiger partial charge in [-0.25, -0.2) is 0 Å². The van der Waals surface area contributed by atoms with Crippen LogP contribution in [0.5, 0.6) is 17.2 Å². The fraction of sp³-hybridized carbons (Fsp3) is 0.250. The number of hydrogen-bond donors (Lipinski definition) is 2. The molecule has 0 saturated carbocycles. The largest absolute Gasteiger partial charge is 0.492 e. The van der Waals surface area contributed by atoms with Gasteiger partial charge in [0.05, 0.1) is 30.9 Å². The zero-order valence-corrected chi connectivity index (χ0v) is 18.3. The number of amides is 2. The average molecular weight is 438 g/mol. The number of nitrogens with one attached hydrogen (secondary N) is 2. The molecule has 0 spiro atoms. The molecule has 1 aromatic heterocycles. The first-order chi connectivity index (χ1) is 15.5. The highest BCUT2D eigenvalue weighted by atomic mass is 16.5. The van der Waals surface area contributed by atoms with Gasteiger partial charge < -0.3 is 29.3 Å². The van der Waals surface area contributed by atoms with E-state index >= 15 is 0 Å². The van der Waals surface area contributed by atoms with Crippen molar-refractivity contribution >= 4 is 23.2 Å². The highest BCUT2D eigenvalue weighted by Crippen LogP contribution is 2.37. The van der Waals surface area contributed by atoms with Crippen molar-refractivity contribution in [3.05, 3.63) is 66.1 Å². The highest BCUT2D eigenvalue weighted by molar-refractivity contribution is 6.04. The fourth-order valence-electron chi connectivity index (χ4n) is 2.87. The normalized spacial score (nSPS) is 10.3. The summed E-state index contributed by atoms with van der Waals surface area (Å²) < 4.78 is 22.0. The van der Waals surface area contributed by atoms with Crippen LogP contribution < -0.4 is 24.8 Å². The smallest absolute Gasteiger partial charge is 0.291 e. The van der Waals surface area contributed by atoms with Crippen LogP contribution in [0.3, 0.4) is 0 Å². The molecular weight excluding hydrogens is 412 g/mol. The number of benzene rings is 2. The lowest BCUT2D eigenvalue weighted by Gasteiger charge is -2.17. The van der Waals surface area contributed by atoms with Gasteiger partial charge in [0.1, 0.15) is 17.2 Å². The molecule has 0 bridgehead atoms. The molecule has 32 heavy (non-hydrogen) atoms. The minimum absolute atomic E-state index is 0.163. The maximum Gasteiger partial charge on any atom is 0.291 e. The lowest BCUT2D eigenvalue weighted by Crippen LogP contribution is -2.21. The second-order valence-corrected chi connectivity index (χ2v) is 6.79. The van der Waals surface area contributed by atoms with Crippen LogP contribution >= 0.6 is 0 Å². The molecule has 0 atom stereocenters. The third-order valence-electron chi connectivity index (χ3n) is 4.34. The number of aryl methyl sites for hydroxylation is 1. The van der Waals surface area contributed by atoms with E-state index in [0.29, 0.717) is 41.8 Å². The van der Waals surface area contributed by atoms with Gasteiger partial charge in [-0.15, -0.1) is 0 Å². The van der Waals surface area contributed by atoms with Gasteiger partial charge in [-0.05, 0) is 45.0 Å². The fourth-order valence-corrected chi connectivity index (χ4v) is 2.87. The Hall–Kier alpha value is -3.94. The third-order valence-corrected chi connectivity index (χ3v) is 4.34. The Morgan fingerprint density at radius 1 is 0.875 bits per heavy atom. The van der Waals surface area contributed by atoms with Gasteiger partial charge >= 0.3 is 0 Å². The zero-order valence-electron chi connectivity index (χ0n) is 18.3. The molecule has 0 aliphatic heterocycles. The maximum atomic E-state index is 12.5. The Bertz CT molecular complexity index is 1050. The predicted molar refractivity (Wildman–Crippen MR) is 121 cm³/mol. The molecule has 1 heterocycles. The van der Waals surface area contributed by atoms with Gasteiger partial charge in [0, 0.05) is 12.1 Å². The average Bonchev–Trinajstić information content (AvgIpc) is 3.31. The first kappa shape index (κ1) is 22.7. The van der Waals surface area contributed by atoms with Crippen molar-refractivity contribution in [2.24, 2.45) is 0 Å². The van der Waals surface area contributed by atoms with Gasteiger partial charge in [-0.2, -0.15) is 0 Å². The summed E-state index contributed by atoms with van der Waals surface area (Å²) in [6.45, 7) is 6.17. The van der Waals surface area contributed by atoms with Crippen molar-refractivity contribution in [2.75, 3.05) is 30.5 Å². The van der Waals surface area contributed by atoms with E-state index in [1.165, 1.54) is 6.26 Å². The second-order valence-electron chi connectivity index (χ2n) is 6.79. The molecule has 8 nitrogen and oxygen atoms in total. The molecule has 0 aliphatic carbocycles. The number of carbonyl (C=O) groups excluding carboxylic acids is 2. The van der Waals surface area contributed by atoms with Crippen LogP contribution in [-0.2, 0) is 4.79 Å². The minimum atomic E-state index is -0.429. The van der Waals surface area contributed by atoms with Crippen molar-refractivity contribution in [2.45, 2.75) is 20.8 Å². The van der Waals surface area contributed by atoms with Gasteiger partial charge in [-0.3, -0.25) is 9.59 Å². The topological polar surface area (TPSA) is 99.0 Å². The predicted octanol–water partition coefficient (Wildman–Crippen LogP) is 4.66. The molecule has 3 aromatic rings. The summed E-state index contributed by atoms with van der Waals surface area (Å²) in [4.78, 5) is 24.9. The van der Waals surface area contributed by atoms with Crippen LogP contribution in [0, 0.1) is 6.92 Å². The number of hydrogen-bond acceptors (Lipinski definition) is 6. The number of ether oxygens (including phenoxy) is 3. The lowest BCUT2D eigenvalue weighted by atomic mass is 10.2. The van der Waals surface area contributed by atoms with E-state index in [1.807, 2.05) is 32.9 Å².